The Kier molecular flexibility index (Phi) is 38.8. The number of ketones is 3. The first-order valence-corrected chi connectivity index (χ1v) is 44.7. The van der Waals surface area contributed by atoms with Crippen LogP contribution in [0, 0.1) is 23.7 Å². The van der Waals surface area contributed by atoms with Crippen LogP contribution in [0.1, 0.15) is 126 Å². The van der Waals surface area contributed by atoms with Crippen LogP contribution in [0.15, 0.2) is 182 Å². The van der Waals surface area contributed by atoms with Gasteiger partial charge >= 0.3 is 5.97 Å². The van der Waals surface area contributed by atoms with Crippen LogP contribution in [0.25, 0.3) is 10.9 Å². The number of carbonyl (C=O) groups excluding carboxylic acids is 14. The molecule has 1 aliphatic heterocycles. The number of amides is 11. The van der Waals surface area contributed by atoms with Crippen LogP contribution in [-0.4, -0.2) is 247 Å². The van der Waals surface area contributed by atoms with Crippen LogP contribution >= 0.6 is 11.8 Å². The second-order valence-corrected chi connectivity index (χ2v) is 35.1. The van der Waals surface area contributed by atoms with E-state index in [9.17, 15) is 48.9 Å². The second kappa shape index (κ2) is 49.4. The molecule has 690 valence electrons. The number of phenolic OH excluding ortho intramolecular Hbond substituents is 2. The Labute approximate surface area is 757 Å². The molecule has 1 aromatic heterocycles. The maximum absolute atomic E-state index is 15.6. The molecule has 1 fully saturated rings. The van der Waals surface area contributed by atoms with Gasteiger partial charge in [-0.15, -0.1) is 11.8 Å². The third-order valence-electron chi connectivity index (χ3n) is 23.2. The molecule has 12 N–H and O–H groups in total. The molecule has 6 aromatic carbocycles. The lowest BCUT2D eigenvalue weighted by Gasteiger charge is -2.37. The molecule has 0 unspecified atom stereocenters. The van der Waals surface area contributed by atoms with E-state index in [1.54, 1.807) is 173 Å². The predicted octanol–water partition coefficient (Wildman–Crippen LogP) is 6.73. The summed E-state index contributed by atoms with van der Waals surface area (Å²) in [7, 11) is 7.02. The fraction of sp³-hybridized carbons (Fsp3) is 0.433. The average Bonchev–Trinajstić information content (AvgIpc) is 1.80. The molecular weight excluding hydrogens is 1670 g/mol. The van der Waals surface area contributed by atoms with Crippen LogP contribution in [0.4, 0.5) is 0 Å². The third kappa shape index (κ3) is 30.9. The normalized spacial score (nSPS) is 22.1. The number of carbonyl (C=O) groups is 15. The first kappa shape index (κ1) is 101. The molecule has 11 amide bonds. The molecule has 0 aliphatic carbocycles. The van der Waals surface area contributed by atoms with Gasteiger partial charge in [-0.3, -0.25) is 71.9 Å². The van der Waals surface area contributed by atoms with Gasteiger partial charge in [0.25, 0.3) is 0 Å². The highest BCUT2D eigenvalue weighted by Crippen LogP contribution is 2.31. The number of carboxylic acid groups (broad SMARTS) is 1. The Bertz CT molecular complexity index is 5060. The topological polar surface area (TPSA) is 447 Å². The molecule has 0 bridgehead atoms. The summed E-state index contributed by atoms with van der Waals surface area (Å²) in [5.74, 6) is -16.0. The summed E-state index contributed by atoms with van der Waals surface area (Å²) in [6, 6.07) is 32.7. The van der Waals surface area contributed by atoms with Gasteiger partial charge in [0.1, 0.15) is 47.8 Å². The van der Waals surface area contributed by atoms with E-state index in [0.29, 0.717) is 57.1 Å². The number of para-hydroxylation sites is 1. The van der Waals surface area contributed by atoms with Crippen molar-refractivity contribution in [3.8, 4) is 11.5 Å². The van der Waals surface area contributed by atoms with E-state index >= 15 is 38.4 Å². The van der Waals surface area contributed by atoms with Crippen molar-refractivity contribution in [2.24, 2.45) is 29.4 Å². The highest BCUT2D eigenvalue weighted by Gasteiger charge is 2.42. The van der Waals surface area contributed by atoms with Gasteiger partial charge in [-0.1, -0.05) is 187 Å². The summed E-state index contributed by atoms with van der Waals surface area (Å²) >= 11 is 0.890. The van der Waals surface area contributed by atoms with Crippen LogP contribution in [-0.2, 0) is 110 Å². The average molecular weight is 1790 g/mol. The number of unbranched alkanes of at least 4 members (excludes halogenated alkanes) is 1. The Morgan fingerprint density at radius 2 is 0.977 bits per heavy atom. The first-order valence-electron chi connectivity index (χ1n) is 43.5. The standard InChI is InChI=1S/C97H123N13O18S/c1-12-13-33-80-96(127)107(8)56-88(118)101-75(53-90(120)121)85(115)52-72(60(4)5)61(6)108(9)81(48-63-27-19-15-20-28-63)93(124)104-77(47-66-36-40-70(112)41-37-66)94(125)106(7)55-87(117)100-74(50-68-54-99-73-32-24-23-31-71(68)73)84(114)51-67(45-65-34-38-69(111)39-35-65)91(122)103-76(44-59(2)3)92(123)105-79(83(113)42-43-86(98)116)57-129-58-89(119)102-78(46-62-25-17-14-18-26-62)95(126)110(11)82(97(128)109(80)10)49-64-29-21-16-22-30-64/h14-32,34-41,54,59-60,67,72,74-82,99,111-112H,6,12-13,33,42-53,55-58H2,1-5,7-11H3,(H2,98,116)(H,100,117)(H,101,118)(H,102,119)(H,103,122)(H,104,124)(H,105,123)(H,120,121)/t67-,72+,74+,75+,76+,77+,78+,79+,80+,81+,82+/m1/s1. The number of aromatic amines is 1. The fourth-order valence-electron chi connectivity index (χ4n) is 15.8. The third-order valence-corrected chi connectivity index (χ3v) is 24.3. The molecule has 11 atom stereocenters. The van der Waals surface area contributed by atoms with E-state index in [1.165, 1.54) is 62.3 Å². The summed E-state index contributed by atoms with van der Waals surface area (Å²) in [5, 5.41) is 48.7. The van der Waals surface area contributed by atoms with E-state index < -0.39 is 211 Å². The van der Waals surface area contributed by atoms with Crippen molar-refractivity contribution < 1.29 is 87.2 Å². The molecule has 8 rings (SSSR count). The van der Waals surface area contributed by atoms with E-state index in [2.05, 4.69) is 43.5 Å². The maximum atomic E-state index is 15.6. The van der Waals surface area contributed by atoms with Crippen molar-refractivity contribution in [3.63, 3.8) is 0 Å². The smallest absolute Gasteiger partial charge is 0.305 e. The summed E-state index contributed by atoms with van der Waals surface area (Å²) in [4.78, 5) is 230. The quantitative estimate of drug-likeness (QED) is 0.0299. The number of likely N-dealkylation sites (N-methyl/N-ethyl adjacent to an activating group) is 5. The molecule has 129 heavy (non-hydrogen) atoms. The number of allylic oxidation sites excluding steroid dienone is 1. The van der Waals surface area contributed by atoms with Crippen LogP contribution in [0.3, 0.4) is 0 Å². The van der Waals surface area contributed by atoms with Gasteiger partial charge in [0.15, 0.2) is 17.3 Å². The van der Waals surface area contributed by atoms with Crippen molar-refractivity contribution in [2.45, 2.75) is 185 Å². The van der Waals surface area contributed by atoms with Crippen molar-refractivity contribution in [1.29, 1.82) is 0 Å². The van der Waals surface area contributed by atoms with Crippen LogP contribution in [0.2, 0.25) is 0 Å². The minimum Gasteiger partial charge on any atom is -0.508 e. The Balaban J connectivity index is 1.21. The predicted molar refractivity (Wildman–Crippen MR) is 490 cm³/mol. The second-order valence-electron chi connectivity index (χ2n) is 34.1. The molecule has 1 saturated heterocycles. The molecule has 0 saturated carbocycles. The number of Topliss-reactive ketones (excluding diaryl/α,β-unsaturated/α-hetero) is 3. The number of nitrogens with zero attached hydrogens (tertiary/aromatic N) is 5. The van der Waals surface area contributed by atoms with Gasteiger partial charge in [0, 0.05) is 133 Å². The highest BCUT2D eigenvalue weighted by molar-refractivity contribution is 8.00. The summed E-state index contributed by atoms with van der Waals surface area (Å²) in [5.41, 5.74) is 9.87. The Morgan fingerprint density at radius 3 is 1.53 bits per heavy atom. The number of hydrogen-bond acceptors (Lipinski definition) is 19. The number of nitrogens with two attached hydrogens (primary N) is 1. The van der Waals surface area contributed by atoms with Gasteiger partial charge in [0.2, 0.25) is 65.0 Å². The number of carboxylic acids is 1. The number of thioether (sulfide) groups is 1. The van der Waals surface area contributed by atoms with Crippen molar-refractivity contribution >= 4 is 111 Å². The Hall–Kier alpha value is -13.0. The van der Waals surface area contributed by atoms with E-state index in [0.717, 1.165) is 21.6 Å². The number of hydrogen-bond donors (Lipinski definition) is 11. The number of aromatic hydroxyl groups is 2. The SMILES string of the molecule is C=C1[C@H](C(C)C)CC(=O)[C@H](CC(=O)O)NC(=O)CN(C)C(=O)[C@H](CCCC)N(C)C(=O)[C@H](Cc2ccccc2)N(C)C(=O)[C@H](Cc2ccccc2)NC(=O)CSC[C@@H](C(=O)CCC(N)=O)NC(=O)[C@H](CC(C)C)NC(=O)[C@H](Cc2ccc(O)cc2)CC(=O)[C@H](Cc2c[nH]c3ccccc23)NC(=O)CN(C)C(=O)[C@H](Cc2ccc(O)cc2)NC(=O)[C@H](Cc2ccccc2)N1C. The number of benzene rings is 6. The van der Waals surface area contributed by atoms with Gasteiger partial charge < -0.3 is 82.4 Å². The highest BCUT2D eigenvalue weighted by atomic mass is 32.2. The number of nitrogens with one attached hydrogen (secondary N) is 7. The molecule has 2 heterocycles. The number of aromatic nitrogens is 1. The number of phenols is 2. The van der Waals surface area contributed by atoms with Crippen LogP contribution in [0.5, 0.6) is 11.5 Å². The largest absolute Gasteiger partial charge is 0.508 e. The summed E-state index contributed by atoms with van der Waals surface area (Å²) in [6.45, 7) is 12.0. The molecule has 32 heteroatoms. The number of rotatable bonds is 24. The zero-order chi connectivity index (χ0) is 94.3. The van der Waals surface area contributed by atoms with Gasteiger partial charge in [-0.25, -0.2) is 0 Å². The molecule has 0 radical (unpaired) electrons. The molecule has 1 aliphatic rings. The van der Waals surface area contributed by atoms with Gasteiger partial charge in [-0.05, 0) is 94.8 Å². The first-order chi connectivity index (χ1) is 61.4. The number of fused-ring (bicyclic) bond motifs is 1. The lowest BCUT2D eigenvalue weighted by Crippen LogP contribution is -2.59. The van der Waals surface area contributed by atoms with Gasteiger partial charge in [-0.2, -0.15) is 0 Å². The molecule has 31 nitrogen and oxygen atoms in total. The van der Waals surface area contributed by atoms with E-state index in [4.69, 9.17) is 5.73 Å². The fourth-order valence-corrected chi connectivity index (χ4v) is 16.7. The number of primary amides is 1. The molecule has 0 spiro atoms. The summed E-state index contributed by atoms with van der Waals surface area (Å²) < 4.78 is 0. The minimum absolute atomic E-state index is 0.0200. The lowest BCUT2D eigenvalue weighted by molar-refractivity contribution is -0.151. The number of H-pyrrole nitrogens is 1. The number of aliphatic carboxylic acids is 1. The molecular formula is C97H123N13O18S. The van der Waals surface area contributed by atoms with Gasteiger partial charge in [0.05, 0.1) is 43.4 Å². The maximum Gasteiger partial charge on any atom is 0.305 e. The van der Waals surface area contributed by atoms with Crippen molar-refractivity contribution in [3.05, 3.63) is 216 Å². The zero-order valence-corrected chi connectivity index (χ0v) is 75.8. The summed E-state index contributed by atoms with van der Waals surface area (Å²) in [6.07, 6.45) is -0.853. The zero-order valence-electron chi connectivity index (χ0n) is 75.0. The molecule has 7 aromatic rings. The van der Waals surface area contributed by atoms with Crippen LogP contribution < -0.4 is 37.6 Å². The lowest BCUT2D eigenvalue weighted by atomic mass is 9.85. The van der Waals surface area contributed by atoms with Crippen molar-refractivity contribution in [2.75, 3.05) is 59.8 Å². The van der Waals surface area contributed by atoms with E-state index in [1.807, 2.05) is 19.1 Å². The minimum atomic E-state index is -1.68. The Morgan fingerprint density at radius 1 is 0.488 bits per heavy atom. The van der Waals surface area contributed by atoms with Crippen molar-refractivity contribution in [1.82, 2.24) is 61.4 Å². The monoisotopic (exact) mass is 1790 g/mol. The van der Waals surface area contributed by atoms with E-state index in [-0.39, 0.29) is 80.2 Å².